The van der Waals surface area contributed by atoms with Gasteiger partial charge in [0.2, 0.25) is 6.79 Å². The van der Waals surface area contributed by atoms with Crippen molar-refractivity contribution in [2.75, 3.05) is 20.4 Å². The van der Waals surface area contributed by atoms with Crippen molar-refractivity contribution in [3.05, 3.63) is 29.5 Å². The van der Waals surface area contributed by atoms with Crippen molar-refractivity contribution in [1.29, 1.82) is 0 Å². The first-order chi connectivity index (χ1) is 12.7. The normalized spacial score (nSPS) is 17.0. The molecule has 2 aliphatic heterocycles. The van der Waals surface area contributed by atoms with Gasteiger partial charge in [0.05, 0.1) is 7.11 Å². The van der Waals surface area contributed by atoms with Crippen molar-refractivity contribution in [3.8, 4) is 22.8 Å². The highest BCUT2D eigenvalue weighted by atomic mass is 16.7. The monoisotopic (exact) mass is 358 g/mol. The van der Waals surface area contributed by atoms with Gasteiger partial charge in [-0.05, 0) is 31.5 Å². The Bertz CT molecular complexity index is 816. The van der Waals surface area contributed by atoms with E-state index >= 15 is 0 Å². The van der Waals surface area contributed by atoms with Crippen LogP contribution in [0.4, 0.5) is 0 Å². The van der Waals surface area contributed by atoms with Crippen LogP contribution in [-0.2, 0) is 22.5 Å². The van der Waals surface area contributed by atoms with Gasteiger partial charge in [0, 0.05) is 43.1 Å². The average molecular weight is 358 g/mol. The minimum atomic E-state index is -0.166. The van der Waals surface area contributed by atoms with E-state index in [4.69, 9.17) is 18.7 Å². The van der Waals surface area contributed by atoms with Crippen LogP contribution in [0.25, 0.3) is 11.3 Å². The molecule has 0 N–H and O–H groups in total. The first kappa shape index (κ1) is 16.9. The Labute approximate surface area is 151 Å². The summed E-state index contributed by atoms with van der Waals surface area (Å²) in [4.78, 5) is 13.8. The van der Waals surface area contributed by atoms with Crippen molar-refractivity contribution < 1.29 is 23.5 Å². The molecule has 2 aromatic rings. The second-order valence-corrected chi connectivity index (χ2v) is 6.69. The highest BCUT2D eigenvalue weighted by Crippen LogP contribution is 2.38. The van der Waals surface area contributed by atoms with Crippen LogP contribution in [0, 0.1) is 0 Å². The summed E-state index contributed by atoms with van der Waals surface area (Å²) in [7, 11) is 1.43. The lowest BCUT2D eigenvalue weighted by molar-refractivity contribution is -0.141. The summed E-state index contributed by atoms with van der Waals surface area (Å²) in [5.41, 5.74) is 2.92. The van der Waals surface area contributed by atoms with Gasteiger partial charge in [0.1, 0.15) is 11.5 Å². The molecule has 0 amide bonds. The van der Waals surface area contributed by atoms with Crippen molar-refractivity contribution >= 4 is 5.97 Å². The number of nitrogens with zero attached hydrogens (tertiary/aromatic N) is 2. The summed E-state index contributed by atoms with van der Waals surface area (Å²) in [6.45, 7) is 4.04. The molecule has 3 heterocycles. The molecule has 4 rings (SSSR count). The second kappa shape index (κ2) is 6.99. The third-order valence-corrected chi connectivity index (χ3v) is 5.12. The maximum absolute atomic E-state index is 11.4. The molecule has 0 fully saturated rings. The van der Waals surface area contributed by atoms with E-state index in [-0.39, 0.29) is 18.8 Å². The molecule has 0 aliphatic carbocycles. The number of fused-ring (bicyclic) bond motifs is 2. The van der Waals surface area contributed by atoms with Gasteiger partial charge in [-0.2, -0.15) is 0 Å². The predicted octanol–water partition coefficient (Wildman–Crippen LogP) is 2.77. The van der Waals surface area contributed by atoms with Gasteiger partial charge in [-0.25, -0.2) is 0 Å². The van der Waals surface area contributed by atoms with Crippen LogP contribution in [0.15, 0.2) is 22.7 Å². The first-order valence-corrected chi connectivity index (χ1v) is 8.84. The fourth-order valence-electron chi connectivity index (χ4n) is 3.49. The highest BCUT2D eigenvalue weighted by molar-refractivity contribution is 5.69. The third-order valence-electron chi connectivity index (χ3n) is 5.12. The summed E-state index contributed by atoms with van der Waals surface area (Å²) in [6, 6.07) is 6.10. The lowest BCUT2D eigenvalue weighted by Gasteiger charge is -2.31. The number of methoxy groups -OCH3 is 1. The van der Waals surface area contributed by atoms with E-state index in [1.807, 2.05) is 18.2 Å². The van der Waals surface area contributed by atoms with E-state index in [2.05, 4.69) is 17.0 Å². The van der Waals surface area contributed by atoms with Gasteiger partial charge >= 0.3 is 5.97 Å². The van der Waals surface area contributed by atoms with E-state index in [9.17, 15) is 4.79 Å². The Morgan fingerprint density at radius 3 is 3.04 bits per heavy atom. The number of carbonyl (C=O) groups is 1. The van der Waals surface area contributed by atoms with Gasteiger partial charge in [-0.15, -0.1) is 0 Å². The van der Waals surface area contributed by atoms with Crippen molar-refractivity contribution in [1.82, 2.24) is 10.1 Å². The Balaban J connectivity index is 1.52. The molecule has 138 valence electrons. The quantitative estimate of drug-likeness (QED) is 0.761. The fourth-order valence-corrected chi connectivity index (χ4v) is 3.49. The Kier molecular flexibility index (Phi) is 4.55. The van der Waals surface area contributed by atoms with Crippen LogP contribution < -0.4 is 9.47 Å². The Morgan fingerprint density at radius 2 is 2.19 bits per heavy atom. The van der Waals surface area contributed by atoms with E-state index in [1.54, 1.807) is 0 Å². The number of ether oxygens (including phenoxy) is 3. The molecule has 7 nitrogen and oxygen atoms in total. The van der Waals surface area contributed by atoms with Crippen molar-refractivity contribution in [3.63, 3.8) is 0 Å². The number of hydrogen-bond acceptors (Lipinski definition) is 7. The molecule has 0 radical (unpaired) electrons. The van der Waals surface area contributed by atoms with E-state index in [0.29, 0.717) is 6.42 Å². The molecule has 1 aromatic heterocycles. The second-order valence-electron chi connectivity index (χ2n) is 6.69. The lowest BCUT2D eigenvalue weighted by Crippen LogP contribution is -2.37. The molecule has 0 spiro atoms. The van der Waals surface area contributed by atoms with Gasteiger partial charge in [-0.3, -0.25) is 9.69 Å². The van der Waals surface area contributed by atoms with Crippen LogP contribution in [0.5, 0.6) is 11.5 Å². The molecule has 7 heteroatoms. The molecule has 1 aromatic carbocycles. The number of benzene rings is 1. The Morgan fingerprint density at radius 1 is 1.35 bits per heavy atom. The zero-order valence-corrected chi connectivity index (χ0v) is 15.0. The molecular weight excluding hydrogens is 336 g/mol. The van der Waals surface area contributed by atoms with Gasteiger partial charge in [-0.1, -0.05) is 5.16 Å². The topological polar surface area (TPSA) is 74.0 Å². The standard InChI is InChI=1S/C19H22N2O5/c1-12(3-6-18(22)23-2)21-8-7-15-14(10-21)19(20-26-15)13-4-5-16-17(9-13)25-11-24-16/h4-5,9,12H,3,6-8,10-11H2,1-2H3/t12-/m0/s1. The van der Waals surface area contributed by atoms with Crippen LogP contribution in [0.2, 0.25) is 0 Å². The summed E-state index contributed by atoms with van der Waals surface area (Å²) >= 11 is 0. The molecule has 0 saturated carbocycles. The summed E-state index contributed by atoms with van der Waals surface area (Å²) in [5, 5.41) is 4.30. The van der Waals surface area contributed by atoms with Gasteiger partial charge in [0.15, 0.2) is 11.5 Å². The highest BCUT2D eigenvalue weighted by Gasteiger charge is 2.28. The molecule has 26 heavy (non-hydrogen) atoms. The number of esters is 1. The number of carbonyl (C=O) groups excluding carboxylic acids is 1. The van der Waals surface area contributed by atoms with E-state index < -0.39 is 0 Å². The van der Waals surface area contributed by atoms with Gasteiger partial charge in [0.25, 0.3) is 0 Å². The van der Waals surface area contributed by atoms with Crippen LogP contribution in [0.1, 0.15) is 31.1 Å². The summed E-state index contributed by atoms with van der Waals surface area (Å²) in [5.74, 6) is 2.26. The summed E-state index contributed by atoms with van der Waals surface area (Å²) < 4.78 is 21.2. The largest absolute Gasteiger partial charge is 0.469 e. The minimum absolute atomic E-state index is 0.166. The molecular formula is C19H22N2O5. The predicted molar refractivity (Wildman–Crippen MR) is 92.9 cm³/mol. The third kappa shape index (κ3) is 3.14. The first-order valence-electron chi connectivity index (χ1n) is 8.84. The Hall–Kier alpha value is -2.54. The molecule has 0 saturated heterocycles. The minimum Gasteiger partial charge on any atom is -0.469 e. The lowest BCUT2D eigenvalue weighted by atomic mass is 9.99. The van der Waals surface area contributed by atoms with Crippen molar-refractivity contribution in [2.24, 2.45) is 0 Å². The maximum atomic E-state index is 11.4. The molecule has 1 atom stereocenters. The zero-order chi connectivity index (χ0) is 18.1. The van der Waals surface area contributed by atoms with Crippen molar-refractivity contribution in [2.45, 2.75) is 38.8 Å². The van der Waals surface area contributed by atoms with E-state index in [0.717, 1.165) is 60.0 Å². The fraction of sp³-hybridized carbons (Fsp3) is 0.474. The molecule has 0 unspecified atom stereocenters. The zero-order valence-electron chi connectivity index (χ0n) is 15.0. The molecule has 2 aliphatic rings. The number of hydrogen-bond donors (Lipinski definition) is 0. The summed E-state index contributed by atoms with van der Waals surface area (Å²) in [6.07, 6.45) is 2.02. The average Bonchev–Trinajstić information content (AvgIpc) is 3.30. The smallest absolute Gasteiger partial charge is 0.305 e. The van der Waals surface area contributed by atoms with Crippen LogP contribution >= 0.6 is 0 Å². The SMILES string of the molecule is COC(=O)CC[C@H](C)N1CCc2onc(-c3ccc4c(c3)OCO4)c2C1. The van der Waals surface area contributed by atoms with Crippen LogP contribution in [0.3, 0.4) is 0 Å². The number of rotatable bonds is 5. The molecule has 0 bridgehead atoms. The van der Waals surface area contributed by atoms with Gasteiger partial charge < -0.3 is 18.7 Å². The number of aromatic nitrogens is 1. The maximum Gasteiger partial charge on any atom is 0.305 e. The van der Waals surface area contributed by atoms with E-state index in [1.165, 1.54) is 7.11 Å². The van der Waals surface area contributed by atoms with Crippen LogP contribution in [-0.4, -0.2) is 42.5 Å².